The van der Waals surface area contributed by atoms with Gasteiger partial charge in [-0.25, -0.2) is 28.9 Å². The van der Waals surface area contributed by atoms with Crippen molar-refractivity contribution in [2.24, 2.45) is 0 Å². The number of nitrogen functional groups attached to an aromatic ring is 2. The highest BCUT2D eigenvalue weighted by molar-refractivity contribution is 7.47. The molecular formula is C21H26FN10O10P. The van der Waals surface area contributed by atoms with E-state index in [0.29, 0.717) is 0 Å². The highest BCUT2D eigenvalue weighted by Gasteiger charge is 2.56. The number of nitrogens with two attached hydrogens (primary N) is 2. The zero-order valence-corrected chi connectivity index (χ0v) is 22.8. The van der Waals surface area contributed by atoms with E-state index in [-0.39, 0.29) is 34.1 Å². The number of anilines is 2. The fourth-order valence-electron chi connectivity index (χ4n) is 5.05. The third-order valence-electron chi connectivity index (χ3n) is 7.16. The van der Waals surface area contributed by atoms with Crippen molar-refractivity contribution < 1.29 is 47.7 Å². The maximum atomic E-state index is 16.0. The Morgan fingerprint density at radius 1 is 1.12 bits per heavy atom. The van der Waals surface area contributed by atoms with Gasteiger partial charge in [0.2, 0.25) is 5.95 Å². The van der Waals surface area contributed by atoms with E-state index in [1.807, 2.05) is 0 Å². The molecule has 2 aliphatic heterocycles. The summed E-state index contributed by atoms with van der Waals surface area (Å²) in [5.41, 5.74) is 8.35. The van der Waals surface area contributed by atoms with Crippen molar-refractivity contribution >= 4 is 41.9 Å². The highest BCUT2D eigenvalue weighted by atomic mass is 31.2. The average molecular weight is 628 g/mol. The number of aromatic amines is 1. The van der Waals surface area contributed by atoms with Crippen molar-refractivity contribution in [3.05, 3.63) is 29.3 Å². The number of hydrogen-bond acceptors (Lipinski definition) is 16. The lowest BCUT2D eigenvalue weighted by Crippen LogP contribution is -2.41. The average Bonchev–Trinajstić information content (AvgIpc) is 3.70. The number of fused-ring (bicyclic) bond motifs is 2. The Kier molecular flexibility index (Phi) is 7.39. The molecule has 4 aromatic heterocycles. The summed E-state index contributed by atoms with van der Waals surface area (Å²) < 4.78 is 52.9. The Morgan fingerprint density at radius 3 is 2.58 bits per heavy atom. The molecule has 0 aromatic carbocycles. The molecule has 20 nitrogen and oxygen atoms in total. The van der Waals surface area contributed by atoms with Gasteiger partial charge in [-0.15, -0.1) is 0 Å². The lowest BCUT2D eigenvalue weighted by Gasteiger charge is -2.29. The maximum Gasteiger partial charge on any atom is 0.472 e. The standard InChI is InChI=1S/C21H26FN10O10P/c22-21(1-2-33)4-39-19(32-7-28-10-16(32)29-20(24)30-17(10)36)13(21)42-43(37,38)40-3-8-11(34)12(35)18(41-8)31-6-27-9-14(23)25-5-26-15(9)31/h5-8,11-13,18-19,33-35H,1-4H2,(H,37,38)(H2,23,25,26)(H3,24,29,30,36)/t8-,11-,12-,13+,18-,19-,21+/m1/s1. The number of nitrogens with one attached hydrogen (secondary N) is 1. The molecule has 0 spiro atoms. The minimum absolute atomic E-state index is 0.0733. The third-order valence-corrected chi connectivity index (χ3v) is 8.13. The second-order valence-corrected chi connectivity index (χ2v) is 11.3. The molecule has 4 aromatic rings. The summed E-state index contributed by atoms with van der Waals surface area (Å²) in [5.74, 6) is -0.202. The van der Waals surface area contributed by atoms with Gasteiger partial charge in [0.05, 0.1) is 25.9 Å². The molecule has 0 saturated carbocycles. The predicted molar refractivity (Wildman–Crippen MR) is 139 cm³/mol. The number of phosphoric ester groups is 1. The SMILES string of the molecule is Nc1nc2c(ncn2[C@@H]2OC[C@@](F)(CCO)[C@H]2OP(=O)(O)OC[C@H]2O[C@@H](n3cnc4c(N)ncnc43)[C@H](O)[C@@H]2O)c(=O)[nH]1. The molecule has 0 bridgehead atoms. The Balaban J connectivity index is 1.21. The molecule has 1 unspecified atom stereocenters. The summed E-state index contributed by atoms with van der Waals surface area (Å²) in [6.45, 7) is -2.13. The first-order valence-corrected chi connectivity index (χ1v) is 14.2. The first-order chi connectivity index (χ1) is 20.4. The molecule has 8 atom stereocenters. The first kappa shape index (κ1) is 29.4. The molecular weight excluding hydrogens is 602 g/mol. The van der Waals surface area contributed by atoms with E-state index >= 15 is 4.39 Å². The minimum Gasteiger partial charge on any atom is -0.396 e. The normalized spacial score (nSPS) is 30.8. The van der Waals surface area contributed by atoms with Gasteiger partial charge in [0.15, 0.2) is 46.9 Å². The lowest BCUT2D eigenvalue weighted by atomic mass is 9.97. The second-order valence-electron chi connectivity index (χ2n) is 9.90. The Labute approximate surface area is 238 Å². The number of rotatable bonds is 9. The van der Waals surface area contributed by atoms with Crippen molar-refractivity contribution in [1.82, 2.24) is 39.0 Å². The van der Waals surface area contributed by atoms with Crippen LogP contribution in [-0.4, -0.2) is 109 Å². The number of ether oxygens (including phenoxy) is 2. The Bertz CT molecular complexity index is 1770. The summed E-state index contributed by atoms with van der Waals surface area (Å²) in [4.78, 5) is 44.9. The molecule has 2 fully saturated rings. The summed E-state index contributed by atoms with van der Waals surface area (Å²) in [7, 11) is -5.17. The molecule has 0 amide bonds. The van der Waals surface area contributed by atoms with Crippen LogP contribution >= 0.6 is 7.82 Å². The quantitative estimate of drug-likeness (QED) is 0.0973. The molecule has 0 radical (unpaired) electrons. The lowest BCUT2D eigenvalue weighted by molar-refractivity contribution is -0.0621. The number of phosphoric acid groups is 1. The van der Waals surface area contributed by atoms with E-state index < -0.39 is 82.2 Å². The van der Waals surface area contributed by atoms with Crippen molar-refractivity contribution in [2.45, 2.75) is 49.0 Å². The minimum atomic E-state index is -5.17. The summed E-state index contributed by atoms with van der Waals surface area (Å²) >= 11 is 0. The van der Waals surface area contributed by atoms with Gasteiger partial charge in [-0.1, -0.05) is 0 Å². The highest BCUT2D eigenvalue weighted by Crippen LogP contribution is 2.52. The number of nitrogens with zero attached hydrogens (tertiary/aromatic N) is 7. The Hall–Kier alpha value is -3.66. The van der Waals surface area contributed by atoms with Gasteiger partial charge in [-0.05, 0) is 0 Å². The van der Waals surface area contributed by atoms with Gasteiger partial charge in [-0.3, -0.25) is 28.0 Å². The molecule has 43 heavy (non-hydrogen) atoms. The van der Waals surface area contributed by atoms with Crippen LogP contribution in [0.25, 0.3) is 22.3 Å². The van der Waals surface area contributed by atoms with Crippen LogP contribution in [0.15, 0.2) is 23.8 Å². The summed E-state index contributed by atoms with van der Waals surface area (Å²) in [5, 5.41) is 30.7. The monoisotopic (exact) mass is 628 g/mol. The van der Waals surface area contributed by atoms with E-state index in [9.17, 15) is 29.6 Å². The Morgan fingerprint density at radius 2 is 1.84 bits per heavy atom. The van der Waals surface area contributed by atoms with Crippen molar-refractivity contribution in [2.75, 3.05) is 31.3 Å². The van der Waals surface area contributed by atoms with Gasteiger partial charge >= 0.3 is 7.82 Å². The number of H-pyrrole nitrogens is 1. The first-order valence-electron chi connectivity index (χ1n) is 12.7. The number of hydrogen-bond donors (Lipinski definition) is 7. The molecule has 0 aliphatic carbocycles. The van der Waals surface area contributed by atoms with E-state index in [2.05, 4.69) is 29.9 Å². The van der Waals surface area contributed by atoms with Crippen LogP contribution in [-0.2, 0) is 23.1 Å². The zero-order chi connectivity index (χ0) is 30.7. The van der Waals surface area contributed by atoms with Gasteiger partial charge in [-0.2, -0.15) is 4.98 Å². The number of imidazole rings is 2. The second kappa shape index (κ2) is 10.8. The smallest absolute Gasteiger partial charge is 0.396 e. The number of aliphatic hydroxyl groups is 3. The van der Waals surface area contributed by atoms with Crippen LogP contribution in [0.2, 0.25) is 0 Å². The molecule has 22 heteroatoms. The summed E-state index contributed by atoms with van der Waals surface area (Å²) in [6, 6.07) is 0. The van der Waals surface area contributed by atoms with Gasteiger partial charge < -0.3 is 41.2 Å². The molecule has 232 valence electrons. The van der Waals surface area contributed by atoms with Crippen molar-refractivity contribution in [3.8, 4) is 0 Å². The zero-order valence-electron chi connectivity index (χ0n) is 21.9. The van der Waals surface area contributed by atoms with Crippen LogP contribution in [0.5, 0.6) is 0 Å². The van der Waals surface area contributed by atoms with E-state index in [1.165, 1.54) is 17.2 Å². The summed E-state index contributed by atoms with van der Waals surface area (Å²) in [6.07, 6.45) is -6.17. The number of aromatic nitrogens is 8. The van der Waals surface area contributed by atoms with E-state index in [0.717, 1.165) is 10.9 Å². The van der Waals surface area contributed by atoms with Gasteiger partial charge in [0.1, 0.15) is 30.2 Å². The fraction of sp³-hybridized carbons (Fsp3) is 0.524. The molecule has 9 N–H and O–H groups in total. The fourth-order valence-corrected chi connectivity index (χ4v) is 6.02. The topological polar surface area (TPSA) is 294 Å². The third kappa shape index (κ3) is 5.13. The van der Waals surface area contributed by atoms with Crippen LogP contribution in [0.4, 0.5) is 16.2 Å². The van der Waals surface area contributed by atoms with Crippen molar-refractivity contribution in [1.29, 1.82) is 0 Å². The number of alkyl halides is 1. The van der Waals surface area contributed by atoms with Crippen LogP contribution < -0.4 is 17.0 Å². The van der Waals surface area contributed by atoms with E-state index in [1.54, 1.807) is 0 Å². The van der Waals surface area contributed by atoms with Gasteiger partial charge in [0.25, 0.3) is 5.56 Å². The molecule has 6 heterocycles. The van der Waals surface area contributed by atoms with Gasteiger partial charge in [0, 0.05) is 13.0 Å². The molecule has 6 rings (SSSR count). The number of halogens is 1. The predicted octanol–water partition coefficient (Wildman–Crippen LogP) is -2.14. The largest absolute Gasteiger partial charge is 0.472 e. The molecule has 2 saturated heterocycles. The van der Waals surface area contributed by atoms with E-state index in [4.69, 9.17) is 30.0 Å². The van der Waals surface area contributed by atoms with Crippen LogP contribution in [0.1, 0.15) is 18.9 Å². The van der Waals surface area contributed by atoms with Crippen molar-refractivity contribution in [3.63, 3.8) is 0 Å². The van der Waals surface area contributed by atoms with Crippen LogP contribution in [0, 0.1) is 0 Å². The van der Waals surface area contributed by atoms with Crippen LogP contribution in [0.3, 0.4) is 0 Å². The number of aliphatic hydroxyl groups excluding tert-OH is 3. The maximum absolute atomic E-state index is 16.0. The molecule has 2 aliphatic rings.